The Kier molecular flexibility index (Phi) is 7.28. The number of nitrogens with zero attached hydrogens (tertiary/aromatic N) is 1. The summed E-state index contributed by atoms with van der Waals surface area (Å²) >= 11 is 13.6. The summed E-state index contributed by atoms with van der Waals surface area (Å²) in [5, 5.41) is 0.597. The molecule has 8 heteroatoms. The monoisotopic (exact) mass is 499 g/mol. The van der Waals surface area contributed by atoms with Crippen LogP contribution < -0.4 is 9.47 Å². The van der Waals surface area contributed by atoms with Crippen LogP contribution in [0.5, 0.6) is 11.5 Å². The van der Waals surface area contributed by atoms with E-state index < -0.39 is 0 Å². The number of imide groups is 1. The van der Waals surface area contributed by atoms with Gasteiger partial charge >= 0.3 is 0 Å². The normalized spacial score (nSPS) is 14.8. The van der Waals surface area contributed by atoms with E-state index in [0.29, 0.717) is 32.0 Å². The van der Waals surface area contributed by atoms with E-state index in [4.69, 9.17) is 32.7 Å². The number of amides is 2. The van der Waals surface area contributed by atoms with Crippen LogP contribution in [0.15, 0.2) is 71.6 Å². The zero-order valence-electron chi connectivity index (χ0n) is 17.6. The Labute approximate surface area is 205 Å². The molecule has 1 aliphatic rings. The summed E-state index contributed by atoms with van der Waals surface area (Å²) in [6.07, 6.45) is 1.63. The zero-order chi connectivity index (χ0) is 23.4. The molecular formula is C25H19Cl2NO4S. The highest BCUT2D eigenvalue weighted by molar-refractivity contribution is 8.18. The van der Waals surface area contributed by atoms with Crippen molar-refractivity contribution in [2.45, 2.75) is 13.2 Å². The maximum atomic E-state index is 12.8. The second kappa shape index (κ2) is 10.3. The Bertz CT molecular complexity index is 1230. The number of carbonyl (C=O) groups is 2. The van der Waals surface area contributed by atoms with Crippen molar-refractivity contribution in [3.8, 4) is 11.5 Å². The molecule has 1 heterocycles. The van der Waals surface area contributed by atoms with Crippen molar-refractivity contribution in [3.05, 3.63) is 98.4 Å². The van der Waals surface area contributed by atoms with Gasteiger partial charge in [-0.1, -0.05) is 71.7 Å². The first kappa shape index (κ1) is 23.2. The summed E-state index contributed by atoms with van der Waals surface area (Å²) in [6, 6.07) is 20.1. The Morgan fingerprint density at radius 2 is 1.70 bits per heavy atom. The minimum Gasteiger partial charge on any atom is -0.493 e. The second-order valence-electron chi connectivity index (χ2n) is 7.17. The predicted molar refractivity (Wildman–Crippen MR) is 132 cm³/mol. The molecule has 5 nitrogen and oxygen atoms in total. The third-order valence-electron chi connectivity index (χ3n) is 4.94. The third kappa shape index (κ3) is 5.36. The number of carbonyl (C=O) groups excluding carboxylic acids is 2. The lowest BCUT2D eigenvalue weighted by Gasteiger charge is -2.14. The molecule has 0 spiro atoms. The average Bonchev–Trinajstić information content (AvgIpc) is 3.07. The van der Waals surface area contributed by atoms with Crippen molar-refractivity contribution in [2.75, 3.05) is 7.11 Å². The summed E-state index contributed by atoms with van der Waals surface area (Å²) in [5.74, 6) is 0.431. The quantitative estimate of drug-likeness (QED) is 0.334. The molecule has 1 fully saturated rings. The number of methoxy groups -OCH3 is 1. The molecule has 0 radical (unpaired) electrons. The van der Waals surface area contributed by atoms with Crippen LogP contribution in [-0.4, -0.2) is 23.2 Å². The van der Waals surface area contributed by atoms with Gasteiger partial charge in [0, 0.05) is 10.6 Å². The smallest absolute Gasteiger partial charge is 0.293 e. The summed E-state index contributed by atoms with van der Waals surface area (Å²) in [6.45, 7) is 0.440. The summed E-state index contributed by atoms with van der Waals surface area (Å²) in [7, 11) is 1.51. The maximum absolute atomic E-state index is 12.8. The first-order valence-corrected chi connectivity index (χ1v) is 11.6. The fourth-order valence-electron chi connectivity index (χ4n) is 3.28. The lowest BCUT2D eigenvalue weighted by Crippen LogP contribution is -2.27. The number of halogens is 2. The van der Waals surface area contributed by atoms with Gasteiger partial charge in [-0.25, -0.2) is 0 Å². The highest BCUT2D eigenvalue weighted by Crippen LogP contribution is 2.39. The predicted octanol–water partition coefficient (Wildman–Crippen LogP) is 6.82. The van der Waals surface area contributed by atoms with E-state index in [2.05, 4.69) is 0 Å². The van der Waals surface area contributed by atoms with Gasteiger partial charge < -0.3 is 9.47 Å². The first-order valence-electron chi connectivity index (χ1n) is 9.99. The maximum Gasteiger partial charge on any atom is 0.293 e. The van der Waals surface area contributed by atoms with Crippen LogP contribution >= 0.6 is 35.0 Å². The summed E-state index contributed by atoms with van der Waals surface area (Å²) < 4.78 is 11.3. The van der Waals surface area contributed by atoms with Crippen LogP contribution in [0.2, 0.25) is 10.0 Å². The molecule has 1 saturated heterocycles. The van der Waals surface area contributed by atoms with Gasteiger partial charge in [-0.3, -0.25) is 14.5 Å². The van der Waals surface area contributed by atoms with Crippen LogP contribution in [0.25, 0.3) is 6.08 Å². The highest BCUT2D eigenvalue weighted by Gasteiger charge is 2.35. The van der Waals surface area contributed by atoms with Gasteiger partial charge in [0.25, 0.3) is 11.1 Å². The largest absolute Gasteiger partial charge is 0.493 e. The van der Waals surface area contributed by atoms with Gasteiger partial charge in [-0.15, -0.1) is 0 Å². The number of hydrogen-bond acceptors (Lipinski definition) is 5. The molecule has 33 heavy (non-hydrogen) atoms. The molecular weight excluding hydrogens is 481 g/mol. The summed E-state index contributed by atoms with van der Waals surface area (Å²) in [4.78, 5) is 26.8. The van der Waals surface area contributed by atoms with E-state index in [1.165, 1.54) is 12.0 Å². The molecule has 0 bridgehead atoms. The number of benzene rings is 3. The van der Waals surface area contributed by atoms with Gasteiger partial charge in [-0.05, 0) is 47.2 Å². The van der Waals surface area contributed by atoms with E-state index in [0.717, 1.165) is 22.9 Å². The van der Waals surface area contributed by atoms with Gasteiger partial charge in [-0.2, -0.15) is 0 Å². The lowest BCUT2D eigenvalue weighted by atomic mass is 10.1. The molecule has 1 aliphatic heterocycles. The lowest BCUT2D eigenvalue weighted by molar-refractivity contribution is -0.123. The SMILES string of the molecule is COc1cc(/C=C2\SC(=O)N(Cc3ccccc3)C2=O)cc(Cl)c1OCc1ccccc1Cl. The van der Waals surface area contributed by atoms with Crippen LogP contribution in [0, 0.1) is 0 Å². The number of ether oxygens (including phenoxy) is 2. The molecule has 0 unspecified atom stereocenters. The Balaban J connectivity index is 1.54. The van der Waals surface area contributed by atoms with E-state index in [1.54, 1.807) is 24.3 Å². The highest BCUT2D eigenvalue weighted by atomic mass is 35.5. The molecule has 0 aromatic heterocycles. The zero-order valence-corrected chi connectivity index (χ0v) is 19.9. The molecule has 4 rings (SSSR count). The average molecular weight is 500 g/mol. The Morgan fingerprint density at radius 1 is 0.970 bits per heavy atom. The number of rotatable bonds is 7. The van der Waals surface area contributed by atoms with Gasteiger partial charge in [0.15, 0.2) is 11.5 Å². The van der Waals surface area contributed by atoms with Crippen LogP contribution in [-0.2, 0) is 17.9 Å². The third-order valence-corrected chi connectivity index (χ3v) is 6.49. The van der Waals surface area contributed by atoms with Crippen molar-refractivity contribution in [1.82, 2.24) is 4.90 Å². The van der Waals surface area contributed by atoms with Crippen molar-refractivity contribution < 1.29 is 19.1 Å². The second-order valence-corrected chi connectivity index (χ2v) is 8.98. The standard InChI is InChI=1S/C25H19Cl2NO4S/c1-31-21-12-17(11-20(27)23(21)32-15-18-9-5-6-10-19(18)26)13-22-24(29)28(25(30)33-22)14-16-7-3-2-4-8-16/h2-13H,14-15H2,1H3/b22-13-. The topological polar surface area (TPSA) is 55.8 Å². The fourth-order valence-corrected chi connectivity index (χ4v) is 4.58. The summed E-state index contributed by atoms with van der Waals surface area (Å²) in [5.41, 5.74) is 2.31. The molecule has 0 aliphatic carbocycles. The fraction of sp³-hybridized carbons (Fsp3) is 0.120. The first-order chi connectivity index (χ1) is 16.0. The minimum absolute atomic E-state index is 0.216. The molecule has 3 aromatic carbocycles. The minimum atomic E-state index is -0.344. The Hall–Kier alpha value is -2.93. The number of hydrogen-bond donors (Lipinski definition) is 0. The molecule has 3 aromatic rings. The molecule has 0 atom stereocenters. The Morgan fingerprint density at radius 3 is 2.42 bits per heavy atom. The number of thioether (sulfide) groups is 1. The van der Waals surface area contributed by atoms with Crippen LogP contribution in [0.4, 0.5) is 4.79 Å². The van der Waals surface area contributed by atoms with Crippen molar-refractivity contribution in [2.24, 2.45) is 0 Å². The van der Waals surface area contributed by atoms with Crippen molar-refractivity contribution in [1.29, 1.82) is 0 Å². The van der Waals surface area contributed by atoms with E-state index in [9.17, 15) is 9.59 Å². The van der Waals surface area contributed by atoms with Crippen LogP contribution in [0.1, 0.15) is 16.7 Å². The van der Waals surface area contributed by atoms with Gasteiger partial charge in [0.1, 0.15) is 6.61 Å². The molecule has 0 N–H and O–H groups in total. The molecule has 2 amide bonds. The molecule has 168 valence electrons. The van der Waals surface area contributed by atoms with Gasteiger partial charge in [0.05, 0.1) is 23.6 Å². The van der Waals surface area contributed by atoms with Crippen molar-refractivity contribution >= 4 is 52.2 Å². The van der Waals surface area contributed by atoms with E-state index in [1.807, 2.05) is 48.5 Å². The van der Waals surface area contributed by atoms with E-state index in [-0.39, 0.29) is 24.3 Å². The van der Waals surface area contributed by atoms with Crippen LogP contribution in [0.3, 0.4) is 0 Å². The van der Waals surface area contributed by atoms with E-state index >= 15 is 0 Å². The van der Waals surface area contributed by atoms with Gasteiger partial charge in [0.2, 0.25) is 0 Å². The molecule has 0 saturated carbocycles. The van der Waals surface area contributed by atoms with Crippen molar-refractivity contribution in [3.63, 3.8) is 0 Å².